The number of carboxylic acids is 1. The van der Waals surface area contributed by atoms with E-state index in [1.807, 2.05) is 12.1 Å². The quantitative estimate of drug-likeness (QED) is 0.879. The Hall–Kier alpha value is -1.39. The van der Waals surface area contributed by atoms with Gasteiger partial charge in [0.2, 0.25) is 0 Å². The summed E-state index contributed by atoms with van der Waals surface area (Å²) >= 11 is 0. The third-order valence-electron chi connectivity index (χ3n) is 3.32. The second-order valence-electron chi connectivity index (χ2n) is 4.56. The van der Waals surface area contributed by atoms with Crippen LogP contribution >= 0.6 is 0 Å². The van der Waals surface area contributed by atoms with Crippen LogP contribution in [0.3, 0.4) is 0 Å². The van der Waals surface area contributed by atoms with Gasteiger partial charge >= 0.3 is 5.97 Å². The summed E-state index contributed by atoms with van der Waals surface area (Å²) in [5, 5.41) is 8.97. The Morgan fingerprint density at radius 1 is 1.44 bits per heavy atom. The van der Waals surface area contributed by atoms with Crippen molar-refractivity contribution < 1.29 is 14.6 Å². The highest BCUT2D eigenvalue weighted by Crippen LogP contribution is 2.15. The maximum atomic E-state index is 10.9. The molecule has 4 heteroatoms. The van der Waals surface area contributed by atoms with Gasteiger partial charge in [-0.3, -0.25) is 4.90 Å². The van der Waals surface area contributed by atoms with Gasteiger partial charge in [0.1, 0.15) is 0 Å². The molecule has 0 spiro atoms. The highest BCUT2D eigenvalue weighted by atomic mass is 16.5. The first kappa shape index (κ1) is 13.1. The van der Waals surface area contributed by atoms with Crippen molar-refractivity contribution in [1.29, 1.82) is 0 Å². The molecule has 1 aromatic rings. The van der Waals surface area contributed by atoms with Crippen LogP contribution in [0.4, 0.5) is 0 Å². The molecule has 0 aliphatic carbocycles. The first-order chi connectivity index (χ1) is 8.70. The third-order valence-corrected chi connectivity index (χ3v) is 3.32. The molecule has 1 saturated heterocycles. The zero-order valence-electron chi connectivity index (χ0n) is 10.6. The average molecular weight is 249 g/mol. The van der Waals surface area contributed by atoms with Crippen LogP contribution in [-0.4, -0.2) is 41.8 Å². The highest BCUT2D eigenvalue weighted by molar-refractivity contribution is 5.72. The predicted molar refractivity (Wildman–Crippen MR) is 68.5 cm³/mol. The van der Waals surface area contributed by atoms with E-state index in [2.05, 4.69) is 24.0 Å². The van der Waals surface area contributed by atoms with Crippen molar-refractivity contribution in [1.82, 2.24) is 4.90 Å². The molecule has 1 fully saturated rings. The molecule has 2 rings (SSSR count). The Kier molecular flexibility index (Phi) is 4.33. The van der Waals surface area contributed by atoms with Crippen LogP contribution in [0.25, 0.3) is 0 Å². The van der Waals surface area contributed by atoms with Gasteiger partial charge < -0.3 is 9.84 Å². The molecule has 1 atom stereocenters. The fourth-order valence-electron chi connectivity index (χ4n) is 2.29. The molecule has 0 amide bonds. The second-order valence-corrected chi connectivity index (χ2v) is 4.56. The number of aryl methyl sites for hydroxylation is 1. The number of benzene rings is 1. The summed E-state index contributed by atoms with van der Waals surface area (Å²) in [5.74, 6) is -0.872. The van der Waals surface area contributed by atoms with E-state index in [9.17, 15) is 4.79 Å². The number of aliphatic carboxylic acids is 1. The summed E-state index contributed by atoms with van der Waals surface area (Å²) in [6.07, 6.45) is 0.315. The Morgan fingerprint density at radius 3 is 2.83 bits per heavy atom. The normalized spacial score (nSPS) is 20.8. The molecule has 1 aliphatic heterocycles. The zero-order valence-corrected chi connectivity index (χ0v) is 10.6. The molecule has 1 unspecified atom stereocenters. The Balaban J connectivity index is 2.02. The van der Waals surface area contributed by atoms with E-state index in [1.165, 1.54) is 11.1 Å². The number of nitrogens with zero attached hydrogens (tertiary/aromatic N) is 1. The lowest BCUT2D eigenvalue weighted by atomic mass is 10.0. The molecule has 0 aromatic heterocycles. The first-order valence-electron chi connectivity index (χ1n) is 6.34. The van der Waals surface area contributed by atoms with Crippen LogP contribution in [0.1, 0.15) is 18.1 Å². The summed E-state index contributed by atoms with van der Waals surface area (Å²) in [6, 6.07) is 8.32. The van der Waals surface area contributed by atoms with E-state index in [0.29, 0.717) is 13.2 Å². The Bertz CT molecular complexity index is 419. The Labute approximate surface area is 107 Å². The monoisotopic (exact) mass is 249 g/mol. The van der Waals surface area contributed by atoms with Gasteiger partial charge in [-0.2, -0.15) is 0 Å². The van der Waals surface area contributed by atoms with Crippen molar-refractivity contribution in [3.05, 3.63) is 35.4 Å². The number of hydrogen-bond donors (Lipinski definition) is 1. The molecule has 0 saturated carbocycles. The van der Waals surface area contributed by atoms with Gasteiger partial charge in [0.15, 0.2) is 6.10 Å². The molecular formula is C14H19NO3. The van der Waals surface area contributed by atoms with Gasteiger partial charge in [-0.25, -0.2) is 4.79 Å². The third kappa shape index (κ3) is 3.09. The van der Waals surface area contributed by atoms with Crippen LogP contribution < -0.4 is 0 Å². The number of ether oxygens (including phenoxy) is 1. The van der Waals surface area contributed by atoms with E-state index < -0.39 is 12.1 Å². The number of hydrogen-bond acceptors (Lipinski definition) is 3. The van der Waals surface area contributed by atoms with Crippen molar-refractivity contribution in [3.63, 3.8) is 0 Å². The van der Waals surface area contributed by atoms with Crippen molar-refractivity contribution in [3.8, 4) is 0 Å². The lowest BCUT2D eigenvalue weighted by Crippen LogP contribution is -2.45. The first-order valence-corrected chi connectivity index (χ1v) is 6.34. The van der Waals surface area contributed by atoms with E-state index in [4.69, 9.17) is 9.84 Å². The van der Waals surface area contributed by atoms with Crippen LogP contribution in [-0.2, 0) is 22.5 Å². The SMILES string of the molecule is CCc1ccccc1CN1CCOC(C(=O)O)C1. The fraction of sp³-hybridized carbons (Fsp3) is 0.500. The van der Waals surface area contributed by atoms with Crippen LogP contribution in [0, 0.1) is 0 Å². The molecule has 98 valence electrons. The summed E-state index contributed by atoms with van der Waals surface area (Å²) in [6.45, 7) is 4.69. The van der Waals surface area contributed by atoms with Crippen molar-refractivity contribution in [2.75, 3.05) is 19.7 Å². The van der Waals surface area contributed by atoms with Crippen LogP contribution in [0.2, 0.25) is 0 Å². The summed E-state index contributed by atoms with van der Waals surface area (Å²) in [4.78, 5) is 13.1. The molecule has 4 nitrogen and oxygen atoms in total. The minimum atomic E-state index is -0.872. The lowest BCUT2D eigenvalue weighted by Gasteiger charge is -2.31. The molecule has 0 bridgehead atoms. The van der Waals surface area contributed by atoms with E-state index in [1.54, 1.807) is 0 Å². The molecule has 1 aliphatic rings. The minimum absolute atomic E-state index is 0.466. The number of morpholine rings is 1. The van der Waals surface area contributed by atoms with Gasteiger partial charge in [0.05, 0.1) is 6.61 Å². The molecule has 18 heavy (non-hydrogen) atoms. The standard InChI is InChI=1S/C14H19NO3/c1-2-11-5-3-4-6-12(11)9-15-7-8-18-13(10-15)14(16)17/h3-6,13H,2,7-10H2,1H3,(H,16,17). The zero-order chi connectivity index (χ0) is 13.0. The van der Waals surface area contributed by atoms with Gasteiger partial charge in [0.25, 0.3) is 0 Å². The van der Waals surface area contributed by atoms with Gasteiger partial charge in [0, 0.05) is 19.6 Å². The predicted octanol–water partition coefficient (Wildman–Crippen LogP) is 1.53. The van der Waals surface area contributed by atoms with E-state index >= 15 is 0 Å². The molecular weight excluding hydrogens is 230 g/mol. The maximum Gasteiger partial charge on any atom is 0.334 e. The molecule has 1 aromatic carbocycles. The summed E-state index contributed by atoms with van der Waals surface area (Å²) in [7, 11) is 0. The number of carbonyl (C=O) groups is 1. The molecule has 0 radical (unpaired) electrons. The fourth-order valence-corrected chi connectivity index (χ4v) is 2.29. The number of rotatable bonds is 4. The van der Waals surface area contributed by atoms with Gasteiger partial charge in [-0.15, -0.1) is 0 Å². The largest absolute Gasteiger partial charge is 0.479 e. The molecule has 1 N–H and O–H groups in total. The van der Waals surface area contributed by atoms with Crippen molar-refractivity contribution in [2.45, 2.75) is 26.0 Å². The molecule has 1 heterocycles. The lowest BCUT2D eigenvalue weighted by molar-refractivity contribution is -0.156. The number of carboxylic acid groups (broad SMARTS) is 1. The van der Waals surface area contributed by atoms with E-state index in [0.717, 1.165) is 19.5 Å². The Morgan fingerprint density at radius 2 is 2.17 bits per heavy atom. The van der Waals surface area contributed by atoms with Crippen molar-refractivity contribution in [2.24, 2.45) is 0 Å². The van der Waals surface area contributed by atoms with Crippen LogP contribution in [0.5, 0.6) is 0 Å². The van der Waals surface area contributed by atoms with Crippen LogP contribution in [0.15, 0.2) is 24.3 Å². The summed E-state index contributed by atoms with van der Waals surface area (Å²) < 4.78 is 5.22. The summed E-state index contributed by atoms with van der Waals surface area (Å²) in [5.41, 5.74) is 2.61. The smallest absolute Gasteiger partial charge is 0.334 e. The van der Waals surface area contributed by atoms with E-state index in [-0.39, 0.29) is 0 Å². The van der Waals surface area contributed by atoms with Crippen molar-refractivity contribution >= 4 is 5.97 Å². The minimum Gasteiger partial charge on any atom is -0.479 e. The van der Waals surface area contributed by atoms with Gasteiger partial charge in [-0.1, -0.05) is 31.2 Å². The van der Waals surface area contributed by atoms with Gasteiger partial charge in [-0.05, 0) is 17.5 Å². The average Bonchev–Trinajstić information content (AvgIpc) is 2.39. The maximum absolute atomic E-state index is 10.9. The topological polar surface area (TPSA) is 49.8 Å². The second kappa shape index (κ2) is 5.98. The highest BCUT2D eigenvalue weighted by Gasteiger charge is 2.26.